The van der Waals surface area contributed by atoms with E-state index in [4.69, 9.17) is 24.9 Å². The minimum Gasteiger partial charge on any atom is -0.228 e. The molecule has 0 saturated heterocycles. The Hall–Kier alpha value is -5.55. The summed E-state index contributed by atoms with van der Waals surface area (Å²) in [5, 5.41) is 0. The summed E-state index contributed by atoms with van der Waals surface area (Å²) in [6.07, 6.45) is 7.55. The van der Waals surface area contributed by atoms with E-state index < -0.39 is 0 Å². The molecule has 0 saturated carbocycles. The number of aromatic nitrogens is 5. The summed E-state index contributed by atoms with van der Waals surface area (Å²) in [5.41, 5.74) is 7.40. The van der Waals surface area contributed by atoms with Crippen molar-refractivity contribution in [3.05, 3.63) is 145 Å². The van der Waals surface area contributed by atoms with Crippen LogP contribution in [0.4, 0.5) is 0 Å². The topological polar surface area (TPSA) is 64.5 Å². The van der Waals surface area contributed by atoms with Gasteiger partial charge in [0.15, 0.2) is 23.3 Å². The summed E-state index contributed by atoms with van der Waals surface area (Å²) in [7, 11) is 0. The van der Waals surface area contributed by atoms with Gasteiger partial charge < -0.3 is 0 Å². The van der Waals surface area contributed by atoms with Gasteiger partial charge in [-0.05, 0) is 18.4 Å². The molecule has 0 fully saturated rings. The first-order valence-corrected chi connectivity index (χ1v) is 14.5. The van der Waals surface area contributed by atoms with Gasteiger partial charge in [0, 0.05) is 33.4 Å². The Morgan fingerprint density at radius 2 is 1.00 bits per heavy atom. The lowest BCUT2D eigenvalue weighted by Crippen LogP contribution is -2.05. The molecule has 206 valence electrons. The van der Waals surface area contributed by atoms with Gasteiger partial charge >= 0.3 is 0 Å². The van der Waals surface area contributed by atoms with Crippen molar-refractivity contribution in [2.24, 2.45) is 5.92 Å². The van der Waals surface area contributed by atoms with E-state index in [9.17, 15) is 0 Å². The third kappa shape index (κ3) is 5.66. The average molecular weight is 556 g/mol. The van der Waals surface area contributed by atoms with Crippen molar-refractivity contribution >= 4 is 5.57 Å². The maximum atomic E-state index is 5.08. The highest BCUT2D eigenvalue weighted by Gasteiger charge is 2.19. The third-order valence-corrected chi connectivity index (χ3v) is 7.47. The lowest BCUT2D eigenvalue weighted by Gasteiger charge is -2.15. The summed E-state index contributed by atoms with van der Waals surface area (Å²) in [5.74, 6) is 2.99. The van der Waals surface area contributed by atoms with Crippen molar-refractivity contribution < 1.29 is 0 Å². The van der Waals surface area contributed by atoms with Crippen LogP contribution in [0, 0.1) is 5.92 Å². The number of benzene rings is 4. The third-order valence-electron chi connectivity index (χ3n) is 7.47. The Balaban J connectivity index is 1.43. The zero-order chi connectivity index (χ0) is 29.0. The van der Waals surface area contributed by atoms with Crippen LogP contribution in [-0.4, -0.2) is 24.9 Å². The number of rotatable bonds is 6. The molecule has 1 unspecified atom stereocenters. The summed E-state index contributed by atoms with van der Waals surface area (Å²) in [4.78, 5) is 25.1. The zero-order valence-corrected chi connectivity index (χ0v) is 23.8. The van der Waals surface area contributed by atoms with Crippen molar-refractivity contribution in [2.45, 2.75) is 13.3 Å². The molecular formula is C38H29N5. The summed E-state index contributed by atoms with van der Waals surface area (Å²) < 4.78 is 0. The largest absolute Gasteiger partial charge is 0.228 e. The molecule has 1 aliphatic rings. The van der Waals surface area contributed by atoms with Gasteiger partial charge in [-0.1, -0.05) is 140 Å². The van der Waals surface area contributed by atoms with Gasteiger partial charge in [0.25, 0.3) is 0 Å². The van der Waals surface area contributed by atoms with Crippen molar-refractivity contribution in [1.29, 1.82) is 0 Å². The van der Waals surface area contributed by atoms with E-state index in [-0.39, 0.29) is 0 Å². The van der Waals surface area contributed by atoms with Gasteiger partial charge in [0.2, 0.25) is 0 Å². The molecule has 0 aliphatic heterocycles. The SMILES string of the molecule is CC1C=C(c2nc(-c3ccccc3)nc(-c3ccccc3-c3cc(-c4ccccc4)nc(-c4ccccc4)n3)n2)C=CC1. The Bertz CT molecular complexity index is 1890. The minimum atomic E-state index is 0.418. The maximum Gasteiger partial charge on any atom is 0.164 e. The fraction of sp³-hybridized carbons (Fsp3) is 0.0789. The van der Waals surface area contributed by atoms with Gasteiger partial charge in [-0.2, -0.15) is 0 Å². The summed E-state index contributed by atoms with van der Waals surface area (Å²) in [6.45, 7) is 2.21. The summed E-state index contributed by atoms with van der Waals surface area (Å²) in [6, 6.07) is 40.6. The van der Waals surface area contributed by atoms with E-state index in [1.807, 2.05) is 91.0 Å². The van der Waals surface area contributed by atoms with E-state index in [1.165, 1.54) is 0 Å². The maximum absolute atomic E-state index is 5.08. The van der Waals surface area contributed by atoms with E-state index >= 15 is 0 Å². The highest BCUT2D eigenvalue weighted by atomic mass is 15.0. The quantitative estimate of drug-likeness (QED) is 0.205. The van der Waals surface area contributed by atoms with Crippen LogP contribution >= 0.6 is 0 Å². The van der Waals surface area contributed by atoms with Crippen LogP contribution in [0.3, 0.4) is 0 Å². The first-order chi connectivity index (χ1) is 21.2. The van der Waals surface area contributed by atoms with Crippen LogP contribution in [0.1, 0.15) is 19.2 Å². The molecular weight excluding hydrogens is 526 g/mol. The first-order valence-electron chi connectivity index (χ1n) is 14.5. The van der Waals surface area contributed by atoms with Crippen molar-refractivity contribution in [3.63, 3.8) is 0 Å². The van der Waals surface area contributed by atoms with E-state index in [1.54, 1.807) is 0 Å². The second kappa shape index (κ2) is 11.7. The Labute approximate surface area is 251 Å². The lowest BCUT2D eigenvalue weighted by atomic mass is 9.97. The predicted molar refractivity (Wildman–Crippen MR) is 173 cm³/mol. The van der Waals surface area contributed by atoms with Crippen LogP contribution in [0.5, 0.6) is 0 Å². The molecule has 0 N–H and O–H groups in total. The molecule has 7 rings (SSSR count). The molecule has 43 heavy (non-hydrogen) atoms. The highest BCUT2D eigenvalue weighted by molar-refractivity contribution is 5.83. The zero-order valence-electron chi connectivity index (χ0n) is 23.8. The number of hydrogen-bond acceptors (Lipinski definition) is 5. The average Bonchev–Trinajstić information content (AvgIpc) is 3.09. The van der Waals surface area contributed by atoms with E-state index in [0.29, 0.717) is 29.2 Å². The molecule has 4 aromatic carbocycles. The van der Waals surface area contributed by atoms with Crippen LogP contribution in [0.25, 0.3) is 62.3 Å². The molecule has 1 aliphatic carbocycles. The van der Waals surface area contributed by atoms with Crippen molar-refractivity contribution in [2.75, 3.05) is 0 Å². The Morgan fingerprint density at radius 3 is 1.65 bits per heavy atom. The normalized spacial score (nSPS) is 14.3. The number of hydrogen-bond donors (Lipinski definition) is 0. The molecule has 0 amide bonds. The second-order valence-electron chi connectivity index (χ2n) is 10.6. The second-order valence-corrected chi connectivity index (χ2v) is 10.6. The van der Waals surface area contributed by atoms with Gasteiger partial charge in [-0.3, -0.25) is 0 Å². The van der Waals surface area contributed by atoms with Gasteiger partial charge in [-0.25, -0.2) is 24.9 Å². The van der Waals surface area contributed by atoms with Crippen LogP contribution in [-0.2, 0) is 0 Å². The van der Waals surface area contributed by atoms with Crippen LogP contribution in [0.15, 0.2) is 140 Å². The van der Waals surface area contributed by atoms with Crippen molar-refractivity contribution in [1.82, 2.24) is 24.9 Å². The molecule has 0 radical (unpaired) electrons. The molecule has 2 heterocycles. The van der Waals surface area contributed by atoms with Gasteiger partial charge in [0.1, 0.15) is 0 Å². The van der Waals surface area contributed by atoms with E-state index in [0.717, 1.165) is 51.2 Å². The number of allylic oxidation sites excluding steroid dienone is 4. The molecule has 5 heteroatoms. The minimum absolute atomic E-state index is 0.418. The van der Waals surface area contributed by atoms with E-state index in [2.05, 4.69) is 55.5 Å². The first kappa shape index (κ1) is 26.4. The van der Waals surface area contributed by atoms with Crippen LogP contribution < -0.4 is 0 Å². The molecule has 5 nitrogen and oxygen atoms in total. The number of nitrogens with zero attached hydrogens (tertiary/aromatic N) is 5. The highest BCUT2D eigenvalue weighted by Crippen LogP contribution is 2.34. The van der Waals surface area contributed by atoms with Crippen molar-refractivity contribution in [3.8, 4) is 56.7 Å². The van der Waals surface area contributed by atoms with Gasteiger partial charge in [-0.15, -0.1) is 0 Å². The fourth-order valence-corrected chi connectivity index (χ4v) is 5.29. The lowest BCUT2D eigenvalue weighted by molar-refractivity contribution is 0.738. The molecule has 0 spiro atoms. The Kier molecular flexibility index (Phi) is 7.20. The molecule has 6 aromatic rings. The fourth-order valence-electron chi connectivity index (χ4n) is 5.29. The van der Waals surface area contributed by atoms with Gasteiger partial charge in [0.05, 0.1) is 11.4 Å². The monoisotopic (exact) mass is 555 g/mol. The molecule has 0 bridgehead atoms. The predicted octanol–water partition coefficient (Wildman–Crippen LogP) is 8.98. The van der Waals surface area contributed by atoms with Crippen LogP contribution in [0.2, 0.25) is 0 Å². The molecule has 2 aromatic heterocycles. The summed E-state index contributed by atoms with van der Waals surface area (Å²) >= 11 is 0. The smallest absolute Gasteiger partial charge is 0.164 e. The Morgan fingerprint density at radius 1 is 0.488 bits per heavy atom. The standard InChI is InChI=1S/C38H29N5/c1-26-14-13-21-30(24-26)37-41-36(29-19-9-4-10-20-29)42-38(43-37)32-23-12-11-22-31(32)34-25-33(27-15-5-2-6-16-27)39-35(40-34)28-17-7-3-8-18-28/h2-13,15-26H,14H2,1H3. The molecule has 1 atom stereocenters.